The number of carbonyl (C=O) groups is 1. The Morgan fingerprint density at radius 1 is 1.06 bits per heavy atom. The van der Waals surface area contributed by atoms with Crippen LogP contribution in [0, 0.1) is 20.8 Å². The maximum absolute atomic E-state index is 13.7. The number of aryl methyl sites for hydroxylation is 3. The molecular weight excluding hydrogens is 416 g/mol. The van der Waals surface area contributed by atoms with Crippen molar-refractivity contribution in [3.05, 3.63) is 34.7 Å². The van der Waals surface area contributed by atoms with Gasteiger partial charge in [0.2, 0.25) is 10.0 Å². The van der Waals surface area contributed by atoms with E-state index in [-0.39, 0.29) is 10.8 Å². The second kappa shape index (κ2) is 8.66. The predicted molar refractivity (Wildman–Crippen MR) is 115 cm³/mol. The van der Waals surface area contributed by atoms with Gasteiger partial charge in [0.15, 0.2) is 0 Å². The minimum Gasteiger partial charge on any atom is -0.339 e. The SMILES string of the molecule is Cc1ncc(C(=O)N2CCCCC2)c([C@H]2CCCCN2S(=O)(=O)c2c(C)n[nH]c2C)n1. The molecule has 1 amide bonds. The molecule has 0 aromatic carbocycles. The summed E-state index contributed by atoms with van der Waals surface area (Å²) in [5.41, 5.74) is 1.90. The number of sulfonamides is 1. The zero-order valence-electron chi connectivity index (χ0n) is 18.4. The lowest BCUT2D eigenvalue weighted by atomic mass is 9.97. The molecule has 2 saturated heterocycles. The smallest absolute Gasteiger partial charge is 0.257 e. The van der Waals surface area contributed by atoms with E-state index in [1.54, 1.807) is 27.0 Å². The number of aromatic amines is 1. The van der Waals surface area contributed by atoms with Gasteiger partial charge in [-0.3, -0.25) is 9.89 Å². The number of piperidine rings is 2. The Kier molecular flexibility index (Phi) is 6.11. The molecular formula is C21H30N6O3S. The number of hydrogen-bond donors (Lipinski definition) is 1. The van der Waals surface area contributed by atoms with Crippen LogP contribution in [0.2, 0.25) is 0 Å². The summed E-state index contributed by atoms with van der Waals surface area (Å²) in [7, 11) is -3.80. The summed E-state index contributed by atoms with van der Waals surface area (Å²) in [5.74, 6) is 0.428. The molecule has 1 N–H and O–H groups in total. The molecule has 0 aliphatic carbocycles. The predicted octanol–water partition coefficient (Wildman–Crippen LogP) is 2.67. The zero-order valence-corrected chi connectivity index (χ0v) is 19.2. The number of nitrogens with zero attached hydrogens (tertiary/aromatic N) is 5. The van der Waals surface area contributed by atoms with Crippen molar-refractivity contribution < 1.29 is 13.2 Å². The molecule has 31 heavy (non-hydrogen) atoms. The van der Waals surface area contributed by atoms with Crippen LogP contribution in [-0.2, 0) is 10.0 Å². The molecule has 0 spiro atoms. The van der Waals surface area contributed by atoms with E-state index in [4.69, 9.17) is 0 Å². The fraction of sp³-hybridized carbons (Fsp3) is 0.619. The first kappa shape index (κ1) is 21.9. The van der Waals surface area contributed by atoms with Gasteiger partial charge in [0.05, 0.1) is 28.7 Å². The van der Waals surface area contributed by atoms with Crippen molar-refractivity contribution in [3.63, 3.8) is 0 Å². The maximum Gasteiger partial charge on any atom is 0.257 e. The molecule has 4 rings (SSSR count). The van der Waals surface area contributed by atoms with E-state index in [9.17, 15) is 13.2 Å². The van der Waals surface area contributed by atoms with Gasteiger partial charge in [0.1, 0.15) is 10.7 Å². The minimum atomic E-state index is -3.80. The summed E-state index contributed by atoms with van der Waals surface area (Å²) in [4.78, 5) is 24.3. The highest BCUT2D eigenvalue weighted by atomic mass is 32.2. The van der Waals surface area contributed by atoms with Gasteiger partial charge < -0.3 is 4.90 Å². The Hall–Kier alpha value is -2.33. The number of aromatic nitrogens is 4. The quantitative estimate of drug-likeness (QED) is 0.773. The van der Waals surface area contributed by atoms with Gasteiger partial charge >= 0.3 is 0 Å². The van der Waals surface area contributed by atoms with Crippen LogP contribution in [0.1, 0.15) is 77.8 Å². The largest absolute Gasteiger partial charge is 0.339 e. The van der Waals surface area contributed by atoms with Crippen molar-refractivity contribution in [3.8, 4) is 0 Å². The number of hydrogen-bond acceptors (Lipinski definition) is 6. The zero-order chi connectivity index (χ0) is 22.2. The highest BCUT2D eigenvalue weighted by Crippen LogP contribution is 2.37. The third-order valence-corrected chi connectivity index (χ3v) is 8.38. The Bertz CT molecular complexity index is 1060. The van der Waals surface area contributed by atoms with Crippen LogP contribution >= 0.6 is 0 Å². The number of carbonyl (C=O) groups excluding carboxylic acids is 1. The lowest BCUT2D eigenvalue weighted by Crippen LogP contribution is -2.41. The monoisotopic (exact) mass is 446 g/mol. The highest BCUT2D eigenvalue weighted by Gasteiger charge is 2.39. The van der Waals surface area contributed by atoms with Crippen LogP contribution in [0.4, 0.5) is 0 Å². The molecule has 0 unspecified atom stereocenters. The van der Waals surface area contributed by atoms with Crippen molar-refractivity contribution in [1.82, 2.24) is 29.4 Å². The molecule has 2 aliphatic rings. The molecule has 2 fully saturated rings. The van der Waals surface area contributed by atoms with Gasteiger partial charge in [0, 0.05) is 25.8 Å². The Morgan fingerprint density at radius 3 is 2.45 bits per heavy atom. The second-order valence-corrected chi connectivity index (χ2v) is 10.3. The van der Waals surface area contributed by atoms with E-state index in [0.717, 1.165) is 32.1 Å². The average Bonchev–Trinajstić information content (AvgIpc) is 3.12. The van der Waals surface area contributed by atoms with E-state index in [1.807, 2.05) is 4.90 Å². The Balaban J connectivity index is 1.77. The number of rotatable bonds is 4. The highest BCUT2D eigenvalue weighted by molar-refractivity contribution is 7.89. The fourth-order valence-corrected chi connectivity index (χ4v) is 6.67. The lowest BCUT2D eigenvalue weighted by molar-refractivity contribution is 0.0719. The van der Waals surface area contributed by atoms with Gasteiger partial charge in [0.25, 0.3) is 5.91 Å². The van der Waals surface area contributed by atoms with Crippen LogP contribution in [0.25, 0.3) is 0 Å². The lowest BCUT2D eigenvalue weighted by Gasteiger charge is -2.35. The van der Waals surface area contributed by atoms with Crippen molar-refractivity contribution in [2.75, 3.05) is 19.6 Å². The second-order valence-electron chi connectivity index (χ2n) is 8.46. The molecule has 2 aromatic heterocycles. The van der Waals surface area contributed by atoms with Gasteiger partial charge in [-0.05, 0) is 52.9 Å². The van der Waals surface area contributed by atoms with E-state index in [1.165, 1.54) is 4.31 Å². The summed E-state index contributed by atoms with van der Waals surface area (Å²) >= 11 is 0. The maximum atomic E-state index is 13.7. The molecule has 4 heterocycles. The van der Waals surface area contributed by atoms with Crippen LogP contribution in [0.15, 0.2) is 11.1 Å². The van der Waals surface area contributed by atoms with Gasteiger partial charge in [-0.15, -0.1) is 0 Å². The molecule has 2 aromatic rings. The van der Waals surface area contributed by atoms with E-state index >= 15 is 0 Å². The van der Waals surface area contributed by atoms with E-state index in [2.05, 4.69) is 20.2 Å². The normalized spacial score (nSPS) is 20.7. The standard InChI is InChI=1S/C21H30N6O3S/c1-14-20(15(2)25-24-14)31(29,30)27-12-8-5-9-18(27)19-17(13-22-16(3)23-19)21(28)26-10-6-4-7-11-26/h13,18H,4-12H2,1-3H3,(H,24,25)/t18-/m1/s1. The first-order valence-corrected chi connectivity index (χ1v) is 12.4. The molecule has 0 bridgehead atoms. The third kappa shape index (κ3) is 4.10. The van der Waals surface area contributed by atoms with E-state index in [0.29, 0.717) is 54.5 Å². The number of H-pyrrole nitrogens is 1. The van der Waals surface area contributed by atoms with Crippen LogP contribution < -0.4 is 0 Å². The van der Waals surface area contributed by atoms with Gasteiger partial charge in [-0.2, -0.15) is 9.40 Å². The number of amides is 1. The first-order valence-electron chi connectivity index (χ1n) is 11.0. The molecule has 2 aliphatic heterocycles. The molecule has 9 nitrogen and oxygen atoms in total. The third-order valence-electron chi connectivity index (χ3n) is 6.21. The fourth-order valence-electron chi connectivity index (χ4n) is 4.68. The summed E-state index contributed by atoms with van der Waals surface area (Å²) in [6.45, 7) is 6.99. The summed E-state index contributed by atoms with van der Waals surface area (Å²) in [6, 6.07) is -0.502. The Labute approximate surface area is 183 Å². The Morgan fingerprint density at radius 2 is 1.77 bits per heavy atom. The van der Waals surface area contributed by atoms with Gasteiger partial charge in [-0.1, -0.05) is 6.42 Å². The summed E-state index contributed by atoms with van der Waals surface area (Å²) < 4.78 is 28.8. The van der Waals surface area contributed by atoms with Crippen molar-refractivity contribution in [1.29, 1.82) is 0 Å². The van der Waals surface area contributed by atoms with Crippen LogP contribution in [0.3, 0.4) is 0 Å². The van der Waals surface area contributed by atoms with Crippen LogP contribution in [-0.4, -0.2) is 63.3 Å². The number of nitrogens with one attached hydrogen (secondary N) is 1. The topological polar surface area (TPSA) is 112 Å². The molecule has 1 atom stereocenters. The minimum absolute atomic E-state index is 0.103. The molecule has 0 saturated carbocycles. The van der Waals surface area contributed by atoms with Crippen molar-refractivity contribution >= 4 is 15.9 Å². The number of likely N-dealkylation sites (tertiary alicyclic amines) is 1. The summed E-state index contributed by atoms with van der Waals surface area (Å²) in [6.07, 6.45) is 6.92. The van der Waals surface area contributed by atoms with Crippen LogP contribution in [0.5, 0.6) is 0 Å². The van der Waals surface area contributed by atoms with Gasteiger partial charge in [-0.25, -0.2) is 18.4 Å². The van der Waals surface area contributed by atoms with E-state index < -0.39 is 16.1 Å². The first-order chi connectivity index (χ1) is 14.8. The van der Waals surface area contributed by atoms with Crippen molar-refractivity contribution in [2.24, 2.45) is 0 Å². The average molecular weight is 447 g/mol. The van der Waals surface area contributed by atoms with Crippen molar-refractivity contribution in [2.45, 2.75) is 70.2 Å². The summed E-state index contributed by atoms with van der Waals surface area (Å²) in [5, 5.41) is 6.86. The molecule has 168 valence electrons. The molecule has 10 heteroatoms. The molecule has 0 radical (unpaired) electrons.